The molecule has 0 bridgehead atoms. The third-order valence-electron chi connectivity index (χ3n) is 22.1. The van der Waals surface area contributed by atoms with Gasteiger partial charge in [0.2, 0.25) is 0 Å². The summed E-state index contributed by atoms with van der Waals surface area (Å²) >= 11 is 0. The molecule has 0 radical (unpaired) electrons. The first-order chi connectivity index (χ1) is 50.5. The molecule has 2 aliphatic carbocycles. The van der Waals surface area contributed by atoms with Crippen molar-refractivity contribution in [2.45, 2.75) is 0 Å². The van der Waals surface area contributed by atoms with Crippen LogP contribution in [-0.4, -0.2) is 0 Å². The van der Waals surface area contributed by atoms with Gasteiger partial charge in [-0.2, -0.15) is 5.26 Å². The van der Waals surface area contributed by atoms with Crippen LogP contribution in [0.25, 0.3) is 220 Å². The Balaban J connectivity index is 0.665. The maximum atomic E-state index is 9.43. The van der Waals surface area contributed by atoms with Crippen LogP contribution >= 0.6 is 0 Å². The number of fused-ring (bicyclic) bond motifs is 11. The lowest BCUT2D eigenvalue weighted by Crippen LogP contribution is -1.94. The Bertz CT molecular complexity index is 6810. The maximum absolute atomic E-state index is 9.43. The zero-order valence-corrected chi connectivity index (χ0v) is 55.5. The summed E-state index contributed by atoms with van der Waals surface area (Å²) in [4.78, 5) is 0. The van der Waals surface area contributed by atoms with E-state index in [-0.39, 0.29) is 0 Å². The standard InChI is InChI=1S/C101H59N/c102-60-61-29-31-65(32-30-61)71-43-44-76-58-78(49-47-74(76)56-71)81-52-54-91-96-82(81)25-13-27-88(96)98-92(66-16-3-1-4-17-66)84-21-9-12-24-87(84)95(101(91)98)69-40-35-64(36-41-69)63-33-38-68(39-34-63)94-86-23-11-10-22-85(86)93(67-18-5-2-6-19-67)100-90-53-51-80(83-26-14-28-89(97(83)90)99(94)100)79-50-48-75-57-73(45-46-77(75)59-79)72-42-37-62-15-7-8-20-70(62)55-72/h1-59H. The van der Waals surface area contributed by atoms with E-state index in [1.807, 2.05) is 24.3 Å². The minimum atomic E-state index is 0.664. The van der Waals surface area contributed by atoms with Gasteiger partial charge in [0.05, 0.1) is 11.6 Å². The van der Waals surface area contributed by atoms with E-state index in [0.29, 0.717) is 5.56 Å². The number of benzene rings is 19. The van der Waals surface area contributed by atoms with Crippen molar-refractivity contribution < 1.29 is 0 Å². The van der Waals surface area contributed by atoms with Crippen molar-refractivity contribution in [3.63, 3.8) is 0 Å². The molecule has 0 heterocycles. The Morgan fingerprint density at radius 3 is 0.833 bits per heavy atom. The van der Waals surface area contributed by atoms with Crippen molar-refractivity contribution in [3.05, 3.63) is 363 Å². The third kappa shape index (κ3) is 8.90. The van der Waals surface area contributed by atoms with Gasteiger partial charge in [-0.15, -0.1) is 0 Å². The second-order valence-corrected chi connectivity index (χ2v) is 27.6. The average Bonchev–Trinajstić information content (AvgIpc) is 1.54. The van der Waals surface area contributed by atoms with E-state index >= 15 is 0 Å². The van der Waals surface area contributed by atoms with Crippen LogP contribution in [-0.2, 0) is 0 Å². The lowest BCUT2D eigenvalue weighted by atomic mass is 9.82. The molecule has 0 saturated carbocycles. The molecule has 0 unspecified atom stereocenters. The van der Waals surface area contributed by atoms with Gasteiger partial charge >= 0.3 is 0 Å². The molecule has 0 atom stereocenters. The maximum Gasteiger partial charge on any atom is 0.0991 e. The first-order valence-corrected chi connectivity index (χ1v) is 35.2. The summed E-state index contributed by atoms with van der Waals surface area (Å²) in [6.07, 6.45) is 0. The van der Waals surface area contributed by atoms with Crippen molar-refractivity contribution in [3.8, 4) is 151 Å². The first kappa shape index (κ1) is 57.5. The smallest absolute Gasteiger partial charge is 0.0991 e. The molecule has 0 fully saturated rings. The normalized spacial score (nSPS) is 11.9. The lowest BCUT2D eigenvalue weighted by Gasteiger charge is -2.21. The van der Waals surface area contributed by atoms with E-state index in [2.05, 4.69) is 340 Å². The van der Waals surface area contributed by atoms with E-state index in [0.717, 1.165) is 11.1 Å². The molecule has 19 aromatic carbocycles. The summed E-state index contributed by atoms with van der Waals surface area (Å²) in [5.41, 5.74) is 32.6. The van der Waals surface area contributed by atoms with Crippen LogP contribution < -0.4 is 0 Å². The quantitative estimate of drug-likeness (QED) is 0.141. The Morgan fingerprint density at radius 2 is 0.422 bits per heavy atom. The molecule has 19 aromatic rings. The van der Waals surface area contributed by atoms with Gasteiger partial charge in [-0.3, -0.25) is 0 Å². The highest BCUT2D eigenvalue weighted by Crippen LogP contribution is 2.61. The highest BCUT2D eigenvalue weighted by Gasteiger charge is 2.34. The van der Waals surface area contributed by atoms with Crippen LogP contribution in [0.3, 0.4) is 0 Å². The molecule has 1 nitrogen and oxygen atoms in total. The van der Waals surface area contributed by atoms with Gasteiger partial charge in [0.1, 0.15) is 0 Å². The number of nitriles is 1. The van der Waals surface area contributed by atoms with Crippen molar-refractivity contribution in [1.82, 2.24) is 0 Å². The topological polar surface area (TPSA) is 23.8 Å². The monoisotopic (exact) mass is 1290 g/mol. The predicted molar refractivity (Wildman–Crippen MR) is 431 cm³/mol. The molecule has 1 heteroatoms. The first-order valence-electron chi connectivity index (χ1n) is 35.2. The molecule has 0 aromatic heterocycles. The highest BCUT2D eigenvalue weighted by atomic mass is 14.4. The summed E-state index contributed by atoms with van der Waals surface area (Å²) in [5.74, 6) is 0. The number of rotatable bonds is 9. The van der Waals surface area contributed by atoms with Crippen LogP contribution in [0.5, 0.6) is 0 Å². The van der Waals surface area contributed by atoms with Crippen molar-refractivity contribution in [1.29, 1.82) is 5.26 Å². The Labute approximate surface area is 591 Å². The van der Waals surface area contributed by atoms with Gasteiger partial charge < -0.3 is 0 Å². The third-order valence-corrected chi connectivity index (χ3v) is 22.1. The molecular formula is C101H59N. The highest BCUT2D eigenvalue weighted by molar-refractivity contribution is 6.31. The van der Waals surface area contributed by atoms with E-state index in [4.69, 9.17) is 0 Å². The van der Waals surface area contributed by atoms with E-state index in [1.54, 1.807) is 0 Å². The fourth-order valence-electron chi connectivity index (χ4n) is 17.5. The molecule has 468 valence electrons. The van der Waals surface area contributed by atoms with Crippen molar-refractivity contribution in [2.24, 2.45) is 0 Å². The van der Waals surface area contributed by atoms with E-state index in [9.17, 15) is 5.26 Å². The molecule has 0 N–H and O–H groups in total. The number of nitrogens with zero attached hydrogens (tertiary/aromatic N) is 1. The van der Waals surface area contributed by atoms with E-state index < -0.39 is 0 Å². The number of hydrogen-bond donors (Lipinski definition) is 0. The van der Waals surface area contributed by atoms with Crippen molar-refractivity contribution in [2.75, 3.05) is 0 Å². The lowest BCUT2D eigenvalue weighted by molar-refractivity contribution is 1.48. The summed E-state index contributed by atoms with van der Waals surface area (Å²) in [7, 11) is 0. The zero-order valence-electron chi connectivity index (χ0n) is 55.5. The van der Waals surface area contributed by atoms with Gasteiger partial charge in [0.15, 0.2) is 0 Å². The Hall–Kier alpha value is -13.5. The van der Waals surface area contributed by atoms with Crippen LogP contribution in [0, 0.1) is 11.3 Å². The van der Waals surface area contributed by atoms with Crippen molar-refractivity contribution >= 4 is 75.4 Å². The molecular weight excluding hydrogens is 1230 g/mol. The SMILES string of the molecule is N#Cc1ccc(-c2ccc3cc(-c4ccc5c6c(cccc46)-c4c-5c(-c5ccc(-c6ccc(-c7c8c(c(-c9ccccc9)c9ccccc79)-c7ccc(-c9ccc%10cc(-c%11ccc%12ccccc%12c%11)ccc%10c9)c9cccc-8c79)cc6)cc5)c5ccccc5c4-c4ccccc4)ccc3c2)cc1. The summed E-state index contributed by atoms with van der Waals surface area (Å²) in [6.45, 7) is 0. The predicted octanol–water partition coefficient (Wildman–Crippen LogP) is 27.9. The fraction of sp³-hybridized carbons (Fsp3) is 0. The summed E-state index contributed by atoms with van der Waals surface area (Å²) < 4.78 is 0. The van der Waals surface area contributed by atoms with E-state index in [1.165, 1.54) is 209 Å². The van der Waals surface area contributed by atoms with Gasteiger partial charge in [0, 0.05) is 0 Å². The minimum Gasteiger partial charge on any atom is -0.192 e. The molecule has 0 spiro atoms. The van der Waals surface area contributed by atoms with Gasteiger partial charge in [-0.25, -0.2) is 0 Å². The summed E-state index contributed by atoms with van der Waals surface area (Å²) in [6, 6.07) is 135. The molecule has 0 aliphatic heterocycles. The molecule has 21 rings (SSSR count). The number of hydrogen-bond acceptors (Lipinski definition) is 1. The minimum absolute atomic E-state index is 0.664. The molecule has 0 amide bonds. The fourth-order valence-corrected chi connectivity index (χ4v) is 17.5. The van der Waals surface area contributed by atoms with Crippen LogP contribution in [0.2, 0.25) is 0 Å². The Kier molecular flexibility index (Phi) is 12.9. The Morgan fingerprint density at radius 1 is 0.157 bits per heavy atom. The molecule has 2 aliphatic rings. The van der Waals surface area contributed by atoms with Crippen LogP contribution in [0.15, 0.2) is 358 Å². The summed E-state index contributed by atoms with van der Waals surface area (Å²) in [5, 5.41) is 26.8. The molecule has 0 saturated heterocycles. The second kappa shape index (κ2) is 22.8. The van der Waals surface area contributed by atoms with Crippen LogP contribution in [0.4, 0.5) is 0 Å². The van der Waals surface area contributed by atoms with Crippen LogP contribution in [0.1, 0.15) is 5.56 Å². The van der Waals surface area contributed by atoms with Gasteiger partial charge in [0.25, 0.3) is 0 Å². The molecule has 102 heavy (non-hydrogen) atoms. The zero-order chi connectivity index (χ0) is 67.1. The van der Waals surface area contributed by atoms with Gasteiger partial charge in [-0.05, 0) is 263 Å². The second-order valence-electron chi connectivity index (χ2n) is 27.6. The largest absolute Gasteiger partial charge is 0.192 e. The van der Waals surface area contributed by atoms with Gasteiger partial charge in [-0.1, -0.05) is 315 Å². The average molecular weight is 1290 g/mol.